The summed E-state index contributed by atoms with van der Waals surface area (Å²) in [6.45, 7) is 1.48. The molecule has 0 aromatic carbocycles. The van der Waals surface area contributed by atoms with Gasteiger partial charge in [0, 0.05) is 6.54 Å². The highest BCUT2D eigenvalue weighted by molar-refractivity contribution is 5.39. The molecule has 4 saturated carbocycles. The smallest absolute Gasteiger partial charge is 0.212 e. The molecule has 1 aromatic heterocycles. The standard InChI is InChI=1S/C17H23FN2O/c18-16-2-1-15(11-20-16)19-3-4-21-17-8-12-5-13(9-17)7-14(6-12)10-17/h1-2,11-14,19H,3-10H2. The number of hydrogen-bond acceptors (Lipinski definition) is 3. The summed E-state index contributed by atoms with van der Waals surface area (Å²) in [5.41, 5.74) is 1.03. The van der Waals surface area contributed by atoms with Gasteiger partial charge in [0.2, 0.25) is 5.95 Å². The van der Waals surface area contributed by atoms with Gasteiger partial charge < -0.3 is 10.1 Å². The van der Waals surface area contributed by atoms with Crippen LogP contribution >= 0.6 is 0 Å². The lowest BCUT2D eigenvalue weighted by Gasteiger charge is -2.56. The molecule has 0 amide bonds. The van der Waals surface area contributed by atoms with Gasteiger partial charge in [0.25, 0.3) is 0 Å². The van der Waals surface area contributed by atoms with Gasteiger partial charge >= 0.3 is 0 Å². The van der Waals surface area contributed by atoms with Gasteiger partial charge in [-0.25, -0.2) is 4.98 Å². The van der Waals surface area contributed by atoms with Gasteiger partial charge in [0.15, 0.2) is 0 Å². The predicted molar refractivity (Wildman–Crippen MR) is 79.5 cm³/mol. The van der Waals surface area contributed by atoms with E-state index in [9.17, 15) is 4.39 Å². The number of rotatable bonds is 5. The molecule has 1 aromatic rings. The molecule has 0 radical (unpaired) electrons. The molecule has 4 bridgehead atoms. The van der Waals surface area contributed by atoms with Crippen molar-refractivity contribution >= 4 is 5.69 Å². The summed E-state index contributed by atoms with van der Waals surface area (Å²) < 4.78 is 19.1. The summed E-state index contributed by atoms with van der Waals surface area (Å²) in [6.07, 6.45) is 9.69. The molecule has 1 N–H and O–H groups in total. The number of nitrogens with one attached hydrogen (secondary N) is 1. The number of nitrogens with zero attached hydrogens (tertiary/aromatic N) is 1. The highest BCUT2D eigenvalue weighted by Crippen LogP contribution is 2.57. The molecule has 0 saturated heterocycles. The van der Waals surface area contributed by atoms with E-state index in [-0.39, 0.29) is 5.60 Å². The zero-order chi connectivity index (χ0) is 14.3. The van der Waals surface area contributed by atoms with Crippen LogP contribution in [0.4, 0.5) is 10.1 Å². The first-order valence-electron chi connectivity index (χ1n) is 8.20. The molecule has 0 spiro atoms. The second kappa shape index (κ2) is 5.24. The molecule has 0 aliphatic heterocycles. The summed E-state index contributed by atoms with van der Waals surface area (Å²) in [5, 5.41) is 3.25. The Labute approximate surface area is 125 Å². The van der Waals surface area contributed by atoms with E-state index >= 15 is 0 Å². The van der Waals surface area contributed by atoms with Gasteiger partial charge in [-0.15, -0.1) is 0 Å². The number of hydrogen-bond donors (Lipinski definition) is 1. The molecule has 1 heterocycles. The number of ether oxygens (including phenoxy) is 1. The highest BCUT2D eigenvalue weighted by Gasteiger charge is 2.51. The maximum atomic E-state index is 12.7. The molecule has 4 aliphatic carbocycles. The van der Waals surface area contributed by atoms with E-state index in [1.54, 1.807) is 6.07 Å². The van der Waals surface area contributed by atoms with Crippen LogP contribution in [0.25, 0.3) is 0 Å². The molecule has 0 unspecified atom stereocenters. The summed E-state index contributed by atoms with van der Waals surface area (Å²) in [5.74, 6) is 2.33. The molecular formula is C17H23FN2O. The highest BCUT2D eigenvalue weighted by atomic mass is 19.1. The van der Waals surface area contributed by atoms with Crippen LogP contribution in [0.5, 0.6) is 0 Å². The maximum absolute atomic E-state index is 12.7. The Morgan fingerprint density at radius 2 is 1.81 bits per heavy atom. The maximum Gasteiger partial charge on any atom is 0.212 e. The molecule has 4 fully saturated rings. The van der Waals surface area contributed by atoms with Crippen molar-refractivity contribution in [2.75, 3.05) is 18.5 Å². The average Bonchev–Trinajstić information content (AvgIpc) is 2.44. The van der Waals surface area contributed by atoms with Crippen molar-refractivity contribution < 1.29 is 9.13 Å². The summed E-state index contributed by atoms with van der Waals surface area (Å²) in [7, 11) is 0. The summed E-state index contributed by atoms with van der Waals surface area (Å²) >= 11 is 0. The zero-order valence-electron chi connectivity index (χ0n) is 12.4. The van der Waals surface area contributed by atoms with E-state index in [4.69, 9.17) is 4.74 Å². The molecule has 21 heavy (non-hydrogen) atoms. The zero-order valence-corrected chi connectivity index (χ0v) is 12.4. The van der Waals surface area contributed by atoms with Gasteiger partial charge in [-0.2, -0.15) is 4.39 Å². The van der Waals surface area contributed by atoms with E-state index in [0.29, 0.717) is 0 Å². The Morgan fingerprint density at radius 3 is 2.38 bits per heavy atom. The van der Waals surface area contributed by atoms with E-state index < -0.39 is 5.95 Å². The van der Waals surface area contributed by atoms with Crippen molar-refractivity contribution in [3.8, 4) is 0 Å². The Balaban J connectivity index is 1.28. The van der Waals surface area contributed by atoms with Crippen molar-refractivity contribution in [3.63, 3.8) is 0 Å². The fraction of sp³-hybridized carbons (Fsp3) is 0.706. The normalized spacial score (nSPS) is 36.9. The van der Waals surface area contributed by atoms with Crippen molar-refractivity contribution in [3.05, 3.63) is 24.3 Å². The first-order chi connectivity index (χ1) is 10.2. The Hall–Kier alpha value is -1.16. The predicted octanol–water partition coefficient (Wildman–Crippen LogP) is 3.62. The van der Waals surface area contributed by atoms with Crippen LogP contribution in [0.15, 0.2) is 18.3 Å². The summed E-state index contributed by atoms with van der Waals surface area (Å²) in [4.78, 5) is 3.64. The topological polar surface area (TPSA) is 34.1 Å². The second-order valence-electron chi connectivity index (χ2n) is 7.25. The quantitative estimate of drug-likeness (QED) is 0.664. The van der Waals surface area contributed by atoms with Crippen LogP contribution in [-0.4, -0.2) is 23.7 Å². The minimum Gasteiger partial charge on any atom is -0.381 e. The molecular weight excluding hydrogens is 267 g/mol. The SMILES string of the molecule is Fc1ccc(NCCOC23CC4CC(CC(C4)C2)C3)cn1. The molecule has 0 atom stereocenters. The van der Waals surface area contributed by atoms with Crippen LogP contribution in [0.3, 0.4) is 0 Å². The van der Waals surface area contributed by atoms with E-state index in [1.807, 2.05) is 0 Å². The van der Waals surface area contributed by atoms with Crippen molar-refractivity contribution in [2.45, 2.75) is 44.1 Å². The minimum absolute atomic E-state index is 0.178. The first-order valence-corrected chi connectivity index (χ1v) is 8.20. The van der Waals surface area contributed by atoms with E-state index in [0.717, 1.165) is 36.6 Å². The van der Waals surface area contributed by atoms with Crippen molar-refractivity contribution in [1.82, 2.24) is 4.98 Å². The van der Waals surface area contributed by atoms with E-state index in [2.05, 4.69) is 10.3 Å². The molecule has 3 nitrogen and oxygen atoms in total. The lowest BCUT2D eigenvalue weighted by atomic mass is 9.54. The minimum atomic E-state index is -0.439. The first kappa shape index (κ1) is 13.5. The van der Waals surface area contributed by atoms with Gasteiger partial charge in [-0.3, -0.25) is 0 Å². The van der Waals surface area contributed by atoms with Crippen molar-refractivity contribution in [2.24, 2.45) is 17.8 Å². The number of anilines is 1. The average molecular weight is 290 g/mol. The third-order valence-corrected chi connectivity index (χ3v) is 5.55. The second-order valence-corrected chi connectivity index (χ2v) is 7.25. The number of pyridine rings is 1. The largest absolute Gasteiger partial charge is 0.381 e. The van der Waals surface area contributed by atoms with Crippen LogP contribution in [-0.2, 0) is 4.74 Å². The van der Waals surface area contributed by atoms with E-state index in [1.165, 1.54) is 50.8 Å². The number of halogens is 1. The van der Waals surface area contributed by atoms with Crippen LogP contribution in [0, 0.1) is 23.7 Å². The molecule has 114 valence electrons. The Kier molecular flexibility index (Phi) is 3.37. The van der Waals surface area contributed by atoms with Crippen molar-refractivity contribution in [1.29, 1.82) is 0 Å². The van der Waals surface area contributed by atoms with Gasteiger partial charge in [0.05, 0.1) is 24.1 Å². The third-order valence-electron chi connectivity index (χ3n) is 5.55. The molecule has 4 heteroatoms. The monoisotopic (exact) mass is 290 g/mol. The summed E-state index contributed by atoms with van der Waals surface area (Å²) in [6, 6.07) is 3.09. The lowest BCUT2D eigenvalue weighted by molar-refractivity contribution is -0.159. The molecule has 5 rings (SSSR count). The third kappa shape index (κ3) is 2.78. The molecule has 4 aliphatic rings. The van der Waals surface area contributed by atoms with Crippen LogP contribution < -0.4 is 5.32 Å². The van der Waals surface area contributed by atoms with Gasteiger partial charge in [-0.1, -0.05) is 0 Å². The Morgan fingerprint density at radius 1 is 1.14 bits per heavy atom. The van der Waals surface area contributed by atoms with Gasteiger partial charge in [-0.05, 0) is 68.4 Å². The fourth-order valence-corrected chi connectivity index (χ4v) is 5.15. The lowest BCUT2D eigenvalue weighted by Crippen LogP contribution is -2.52. The number of aromatic nitrogens is 1. The Bertz CT molecular complexity index is 467. The van der Waals surface area contributed by atoms with Crippen LogP contribution in [0.2, 0.25) is 0 Å². The van der Waals surface area contributed by atoms with Crippen LogP contribution in [0.1, 0.15) is 38.5 Å². The van der Waals surface area contributed by atoms with Gasteiger partial charge in [0.1, 0.15) is 0 Å². The fourth-order valence-electron chi connectivity index (χ4n) is 5.15.